The minimum Gasteiger partial charge on any atom is -0.386 e. The number of aliphatic hydroxyl groups is 1. The zero-order valence-corrected chi connectivity index (χ0v) is 11.9. The molecule has 0 spiro atoms. The molecule has 22 heavy (non-hydrogen) atoms. The maximum absolute atomic E-state index is 13.1. The van der Waals surface area contributed by atoms with Crippen molar-refractivity contribution in [3.63, 3.8) is 0 Å². The first kappa shape index (κ1) is 14.3. The quantitative estimate of drug-likeness (QED) is 0.796. The third-order valence-corrected chi connectivity index (χ3v) is 3.30. The van der Waals surface area contributed by atoms with Gasteiger partial charge in [-0.15, -0.1) is 10.2 Å². The molecule has 1 atom stereocenters. The standard InChI is InChI=1S/C15H14FN5O/c1-10-7-12(16)4-5-13(10)14(22)9-21-19-15(18-20-21)11-3-2-6-17-8-11/h2-8,14,22H,9H2,1H3. The van der Waals surface area contributed by atoms with E-state index in [9.17, 15) is 9.50 Å². The summed E-state index contributed by atoms with van der Waals surface area (Å²) in [4.78, 5) is 5.31. The summed E-state index contributed by atoms with van der Waals surface area (Å²) in [5, 5.41) is 22.3. The lowest BCUT2D eigenvalue weighted by Gasteiger charge is -2.12. The van der Waals surface area contributed by atoms with Crippen LogP contribution in [-0.4, -0.2) is 30.3 Å². The average Bonchev–Trinajstić information content (AvgIpc) is 2.96. The maximum atomic E-state index is 13.1. The van der Waals surface area contributed by atoms with Crippen molar-refractivity contribution in [2.24, 2.45) is 0 Å². The number of aryl methyl sites for hydroxylation is 1. The monoisotopic (exact) mass is 299 g/mol. The molecule has 0 aliphatic rings. The van der Waals surface area contributed by atoms with Crippen molar-refractivity contribution < 1.29 is 9.50 Å². The summed E-state index contributed by atoms with van der Waals surface area (Å²) < 4.78 is 13.1. The number of hydrogen-bond donors (Lipinski definition) is 1. The summed E-state index contributed by atoms with van der Waals surface area (Å²) in [5.41, 5.74) is 2.07. The zero-order chi connectivity index (χ0) is 15.5. The predicted molar refractivity (Wildman–Crippen MR) is 77.1 cm³/mol. The van der Waals surface area contributed by atoms with Crippen LogP contribution in [0.5, 0.6) is 0 Å². The Kier molecular flexibility index (Phi) is 3.88. The third kappa shape index (κ3) is 2.99. The SMILES string of the molecule is Cc1cc(F)ccc1C(O)Cn1nnc(-c2cccnc2)n1. The Morgan fingerprint density at radius 1 is 1.32 bits per heavy atom. The number of tetrazole rings is 1. The minimum atomic E-state index is -0.837. The number of halogens is 1. The summed E-state index contributed by atoms with van der Waals surface area (Å²) in [6.07, 6.45) is 2.47. The molecule has 2 heterocycles. The summed E-state index contributed by atoms with van der Waals surface area (Å²) >= 11 is 0. The highest BCUT2D eigenvalue weighted by atomic mass is 19.1. The summed E-state index contributed by atoms with van der Waals surface area (Å²) in [6.45, 7) is 1.89. The Morgan fingerprint density at radius 3 is 2.91 bits per heavy atom. The van der Waals surface area contributed by atoms with Gasteiger partial charge in [-0.2, -0.15) is 4.80 Å². The number of benzene rings is 1. The molecule has 1 unspecified atom stereocenters. The van der Waals surface area contributed by atoms with Crippen molar-refractivity contribution in [1.82, 2.24) is 25.2 Å². The van der Waals surface area contributed by atoms with Crippen LogP contribution >= 0.6 is 0 Å². The molecule has 3 aromatic rings. The Hall–Kier alpha value is -2.67. The van der Waals surface area contributed by atoms with E-state index in [1.807, 2.05) is 6.07 Å². The van der Waals surface area contributed by atoms with E-state index in [1.165, 1.54) is 16.9 Å². The molecule has 6 nitrogen and oxygen atoms in total. The van der Waals surface area contributed by atoms with E-state index in [1.54, 1.807) is 31.5 Å². The van der Waals surface area contributed by atoms with E-state index in [4.69, 9.17) is 0 Å². The van der Waals surface area contributed by atoms with Gasteiger partial charge in [0.05, 0.1) is 6.54 Å². The number of pyridine rings is 1. The molecule has 0 aliphatic heterocycles. The minimum absolute atomic E-state index is 0.139. The predicted octanol–water partition coefficient (Wildman–Crippen LogP) is 1.92. The van der Waals surface area contributed by atoms with Crippen LogP contribution in [0.4, 0.5) is 4.39 Å². The smallest absolute Gasteiger partial charge is 0.206 e. The lowest BCUT2D eigenvalue weighted by atomic mass is 10.0. The van der Waals surface area contributed by atoms with Crippen molar-refractivity contribution >= 4 is 0 Å². The van der Waals surface area contributed by atoms with E-state index in [0.29, 0.717) is 17.0 Å². The van der Waals surface area contributed by atoms with Crippen LogP contribution in [0, 0.1) is 12.7 Å². The molecule has 0 fully saturated rings. The molecule has 7 heteroatoms. The first-order valence-corrected chi connectivity index (χ1v) is 6.76. The van der Waals surface area contributed by atoms with Crippen molar-refractivity contribution in [2.75, 3.05) is 0 Å². The van der Waals surface area contributed by atoms with E-state index >= 15 is 0 Å². The average molecular weight is 299 g/mol. The van der Waals surface area contributed by atoms with Gasteiger partial charge in [0.15, 0.2) is 0 Å². The van der Waals surface area contributed by atoms with Crippen LogP contribution in [0.25, 0.3) is 11.4 Å². The molecular weight excluding hydrogens is 285 g/mol. The molecule has 2 aromatic heterocycles. The van der Waals surface area contributed by atoms with Crippen molar-refractivity contribution in [3.05, 3.63) is 59.7 Å². The maximum Gasteiger partial charge on any atom is 0.206 e. The number of hydrogen-bond acceptors (Lipinski definition) is 5. The van der Waals surface area contributed by atoms with Gasteiger partial charge in [-0.1, -0.05) is 6.07 Å². The topological polar surface area (TPSA) is 76.7 Å². The fourth-order valence-electron chi connectivity index (χ4n) is 2.20. The Bertz CT molecular complexity index is 775. The van der Waals surface area contributed by atoms with Gasteiger partial charge in [-0.3, -0.25) is 4.98 Å². The normalized spacial score (nSPS) is 12.3. The molecule has 0 aliphatic carbocycles. The molecule has 3 rings (SSSR count). The number of aromatic nitrogens is 5. The van der Waals surface area contributed by atoms with Gasteiger partial charge in [0.1, 0.15) is 11.9 Å². The Balaban J connectivity index is 1.77. The lowest BCUT2D eigenvalue weighted by molar-refractivity contribution is 0.144. The van der Waals surface area contributed by atoms with Crippen LogP contribution in [0.3, 0.4) is 0 Å². The van der Waals surface area contributed by atoms with Crippen LogP contribution in [0.15, 0.2) is 42.7 Å². The van der Waals surface area contributed by atoms with Crippen molar-refractivity contribution in [2.45, 2.75) is 19.6 Å². The van der Waals surface area contributed by atoms with Crippen LogP contribution in [0.2, 0.25) is 0 Å². The van der Waals surface area contributed by atoms with Gasteiger partial charge in [-0.25, -0.2) is 4.39 Å². The molecule has 0 bridgehead atoms. The molecule has 0 radical (unpaired) electrons. The number of aliphatic hydroxyl groups excluding tert-OH is 1. The Morgan fingerprint density at radius 2 is 2.18 bits per heavy atom. The van der Waals surface area contributed by atoms with Crippen LogP contribution in [-0.2, 0) is 6.54 Å². The molecule has 0 amide bonds. The van der Waals surface area contributed by atoms with Gasteiger partial charge in [0.25, 0.3) is 0 Å². The van der Waals surface area contributed by atoms with Gasteiger partial charge >= 0.3 is 0 Å². The van der Waals surface area contributed by atoms with Gasteiger partial charge < -0.3 is 5.11 Å². The summed E-state index contributed by atoms with van der Waals surface area (Å²) in [6, 6.07) is 7.88. The molecule has 1 N–H and O–H groups in total. The zero-order valence-electron chi connectivity index (χ0n) is 11.9. The Labute approximate surface area is 126 Å². The molecule has 0 saturated carbocycles. The van der Waals surface area contributed by atoms with Gasteiger partial charge in [0.2, 0.25) is 5.82 Å². The highest BCUT2D eigenvalue weighted by Crippen LogP contribution is 2.20. The van der Waals surface area contributed by atoms with E-state index in [2.05, 4.69) is 20.4 Å². The van der Waals surface area contributed by atoms with Crippen molar-refractivity contribution in [1.29, 1.82) is 0 Å². The van der Waals surface area contributed by atoms with Gasteiger partial charge in [0, 0.05) is 18.0 Å². The van der Waals surface area contributed by atoms with E-state index in [-0.39, 0.29) is 12.4 Å². The van der Waals surface area contributed by atoms with Gasteiger partial charge in [-0.05, 0) is 47.5 Å². The highest BCUT2D eigenvalue weighted by Gasteiger charge is 2.14. The fraction of sp³-hybridized carbons (Fsp3) is 0.200. The molecular formula is C15H14FN5O. The largest absolute Gasteiger partial charge is 0.386 e. The molecule has 112 valence electrons. The molecule has 0 saturated heterocycles. The third-order valence-electron chi connectivity index (χ3n) is 3.30. The van der Waals surface area contributed by atoms with E-state index < -0.39 is 6.10 Å². The lowest BCUT2D eigenvalue weighted by Crippen LogP contribution is -2.12. The first-order valence-electron chi connectivity index (χ1n) is 6.76. The second-order valence-corrected chi connectivity index (χ2v) is 4.93. The second-order valence-electron chi connectivity index (χ2n) is 4.93. The molecule has 1 aromatic carbocycles. The summed E-state index contributed by atoms with van der Waals surface area (Å²) in [7, 11) is 0. The number of rotatable bonds is 4. The summed E-state index contributed by atoms with van der Waals surface area (Å²) in [5.74, 6) is 0.113. The van der Waals surface area contributed by atoms with Crippen LogP contribution in [0.1, 0.15) is 17.2 Å². The van der Waals surface area contributed by atoms with Crippen molar-refractivity contribution in [3.8, 4) is 11.4 Å². The van der Waals surface area contributed by atoms with E-state index in [0.717, 1.165) is 5.56 Å². The fourth-order valence-corrected chi connectivity index (χ4v) is 2.20. The highest BCUT2D eigenvalue weighted by molar-refractivity contribution is 5.51. The first-order chi connectivity index (χ1) is 10.6. The second kappa shape index (κ2) is 5.98. The van der Waals surface area contributed by atoms with Crippen LogP contribution < -0.4 is 0 Å². The number of nitrogens with zero attached hydrogens (tertiary/aromatic N) is 5.